The largest absolute Gasteiger partial charge is 0.489 e. The molecule has 0 bridgehead atoms. The van der Waals surface area contributed by atoms with E-state index in [9.17, 15) is 19.6 Å². The first-order valence-electron chi connectivity index (χ1n) is 12.3. The van der Waals surface area contributed by atoms with Crippen LogP contribution in [-0.2, 0) is 17.8 Å². The maximum atomic E-state index is 13.4. The molecule has 2 aromatic heterocycles. The zero-order valence-electron chi connectivity index (χ0n) is 21.5. The van der Waals surface area contributed by atoms with Crippen molar-refractivity contribution in [3.05, 3.63) is 40.7 Å². The zero-order valence-corrected chi connectivity index (χ0v) is 21.5. The predicted molar refractivity (Wildman–Crippen MR) is 137 cm³/mol. The normalized spacial score (nSPS) is 17.8. The van der Waals surface area contributed by atoms with Crippen LogP contribution in [0.1, 0.15) is 54.4 Å². The fourth-order valence-corrected chi connectivity index (χ4v) is 4.54. The number of ether oxygens (including phenoxy) is 1. The molecule has 0 saturated carbocycles. The van der Waals surface area contributed by atoms with Gasteiger partial charge in [-0.2, -0.15) is 5.26 Å². The number of urea groups is 1. The summed E-state index contributed by atoms with van der Waals surface area (Å²) in [7, 11) is 1.90. The van der Waals surface area contributed by atoms with Crippen molar-refractivity contribution in [3.8, 4) is 11.8 Å². The highest BCUT2D eigenvalue weighted by atomic mass is 16.5. The van der Waals surface area contributed by atoms with Gasteiger partial charge in [0.2, 0.25) is 5.91 Å². The first-order chi connectivity index (χ1) is 17.7. The lowest BCUT2D eigenvalue weighted by Gasteiger charge is -2.35. The number of hydrogen-bond acceptors (Lipinski definition) is 8. The van der Waals surface area contributed by atoms with E-state index in [2.05, 4.69) is 15.3 Å². The molecular weight excluding hydrogens is 474 g/mol. The van der Waals surface area contributed by atoms with Gasteiger partial charge in [-0.25, -0.2) is 14.8 Å². The summed E-state index contributed by atoms with van der Waals surface area (Å²) in [5.41, 5.74) is 1.99. The molecule has 1 atom stereocenters. The molecule has 11 nitrogen and oxygen atoms in total. The molecule has 0 radical (unpaired) electrons. The summed E-state index contributed by atoms with van der Waals surface area (Å²) in [5, 5.41) is 12.1. The van der Waals surface area contributed by atoms with Crippen LogP contribution in [0.15, 0.2) is 18.3 Å². The van der Waals surface area contributed by atoms with Crippen molar-refractivity contribution in [1.29, 1.82) is 5.26 Å². The van der Waals surface area contributed by atoms with Crippen molar-refractivity contribution in [2.45, 2.75) is 52.3 Å². The topological polar surface area (TPSA) is 132 Å². The molecule has 1 fully saturated rings. The molecule has 37 heavy (non-hydrogen) atoms. The highest BCUT2D eigenvalue weighted by Gasteiger charge is 2.32. The molecule has 2 aromatic rings. The lowest BCUT2D eigenvalue weighted by atomic mass is 9.97. The van der Waals surface area contributed by atoms with Crippen LogP contribution >= 0.6 is 0 Å². The van der Waals surface area contributed by atoms with Crippen LogP contribution in [0.25, 0.3) is 0 Å². The average molecular weight is 506 g/mol. The number of piperazine rings is 1. The number of aromatic nitrogens is 2. The second-order valence-corrected chi connectivity index (χ2v) is 9.72. The molecule has 2 aliphatic heterocycles. The summed E-state index contributed by atoms with van der Waals surface area (Å²) in [5.74, 6) is 0.993. The van der Waals surface area contributed by atoms with Gasteiger partial charge in [0.15, 0.2) is 6.29 Å². The third-order valence-electron chi connectivity index (χ3n) is 6.48. The average Bonchev–Trinajstić information content (AvgIpc) is 2.85. The molecule has 4 heterocycles. The van der Waals surface area contributed by atoms with Gasteiger partial charge in [0.25, 0.3) is 0 Å². The molecule has 194 valence electrons. The molecule has 3 amide bonds. The van der Waals surface area contributed by atoms with E-state index in [1.165, 1.54) is 17.2 Å². The summed E-state index contributed by atoms with van der Waals surface area (Å²) < 4.78 is 5.69. The second kappa shape index (κ2) is 10.9. The molecule has 4 rings (SSSR count). The molecule has 0 spiro atoms. The zero-order chi connectivity index (χ0) is 26.7. The Morgan fingerprint density at radius 2 is 2.14 bits per heavy atom. The van der Waals surface area contributed by atoms with Crippen LogP contribution in [0.3, 0.4) is 0 Å². The first kappa shape index (κ1) is 26.0. The van der Waals surface area contributed by atoms with Crippen LogP contribution in [0.4, 0.5) is 16.4 Å². The SMILES string of the molecule is CC(C)Oc1cc(NC(=O)N2c3nc(C=O)c(CN4CCN(C)CC4=O)cc3CCC2C)ncc1C#N. The Morgan fingerprint density at radius 3 is 2.81 bits per heavy atom. The number of amides is 3. The monoisotopic (exact) mass is 505 g/mol. The minimum Gasteiger partial charge on any atom is -0.489 e. The van der Waals surface area contributed by atoms with Gasteiger partial charge in [0, 0.05) is 37.3 Å². The minimum absolute atomic E-state index is 0.00804. The van der Waals surface area contributed by atoms with Gasteiger partial charge in [-0.1, -0.05) is 0 Å². The number of nitrogens with one attached hydrogen (secondary N) is 1. The number of hydrogen-bond donors (Lipinski definition) is 1. The highest BCUT2D eigenvalue weighted by Crippen LogP contribution is 2.32. The Morgan fingerprint density at radius 1 is 1.35 bits per heavy atom. The number of likely N-dealkylation sites (N-methyl/N-ethyl adjacent to an activating group) is 1. The summed E-state index contributed by atoms with van der Waals surface area (Å²) in [6.45, 7) is 7.59. The van der Waals surface area contributed by atoms with E-state index in [0.717, 1.165) is 12.1 Å². The van der Waals surface area contributed by atoms with Crippen molar-refractivity contribution in [2.75, 3.05) is 36.9 Å². The number of carbonyl (C=O) groups is 3. The van der Waals surface area contributed by atoms with Crippen molar-refractivity contribution >= 4 is 29.9 Å². The van der Waals surface area contributed by atoms with E-state index in [4.69, 9.17) is 4.74 Å². The van der Waals surface area contributed by atoms with Crippen LogP contribution in [0, 0.1) is 11.3 Å². The predicted octanol–water partition coefficient (Wildman–Crippen LogP) is 2.60. The van der Waals surface area contributed by atoms with Crippen molar-refractivity contribution in [1.82, 2.24) is 19.8 Å². The van der Waals surface area contributed by atoms with Gasteiger partial charge >= 0.3 is 6.03 Å². The van der Waals surface area contributed by atoms with Crippen molar-refractivity contribution in [2.24, 2.45) is 0 Å². The van der Waals surface area contributed by atoms with E-state index in [-0.39, 0.29) is 35.1 Å². The molecule has 2 aliphatic rings. The Kier molecular flexibility index (Phi) is 7.69. The minimum atomic E-state index is -0.451. The number of nitrogens with zero attached hydrogens (tertiary/aromatic N) is 6. The number of nitriles is 1. The molecule has 0 aliphatic carbocycles. The molecule has 1 saturated heterocycles. The molecule has 1 unspecified atom stereocenters. The number of anilines is 2. The smallest absolute Gasteiger partial charge is 0.328 e. The molecule has 11 heteroatoms. The lowest BCUT2D eigenvalue weighted by molar-refractivity contribution is -0.136. The third-order valence-corrected chi connectivity index (χ3v) is 6.48. The standard InChI is InChI=1S/C26H31N7O4/c1-16(2)37-22-10-23(28-12-20(22)11-27)30-26(36)33-17(3)5-6-18-9-19(21(15-34)29-25(18)33)13-32-8-7-31(4)14-24(32)35/h9-10,12,15-17H,5-8,13-14H2,1-4H3,(H,28,30,36). The van der Waals surface area contributed by atoms with Crippen LogP contribution in [0.2, 0.25) is 0 Å². The summed E-state index contributed by atoms with van der Waals surface area (Å²) in [6.07, 6.45) is 3.27. The number of aldehydes is 1. The Balaban J connectivity index is 1.60. The third kappa shape index (κ3) is 5.70. The van der Waals surface area contributed by atoms with Crippen molar-refractivity contribution in [3.63, 3.8) is 0 Å². The number of fused-ring (bicyclic) bond motifs is 1. The van der Waals surface area contributed by atoms with Gasteiger partial charge in [0.1, 0.15) is 34.7 Å². The molecule has 0 aromatic carbocycles. The quantitative estimate of drug-likeness (QED) is 0.593. The van der Waals surface area contributed by atoms with E-state index < -0.39 is 6.03 Å². The lowest BCUT2D eigenvalue weighted by Crippen LogP contribution is -2.48. The van der Waals surface area contributed by atoms with E-state index in [0.29, 0.717) is 55.9 Å². The van der Waals surface area contributed by atoms with E-state index in [1.54, 1.807) is 4.90 Å². The Bertz CT molecular complexity index is 1260. The van der Waals surface area contributed by atoms with Gasteiger partial charge in [0.05, 0.1) is 18.8 Å². The first-order valence-corrected chi connectivity index (χ1v) is 12.3. The van der Waals surface area contributed by atoms with Gasteiger partial charge < -0.3 is 9.64 Å². The summed E-state index contributed by atoms with van der Waals surface area (Å²) >= 11 is 0. The maximum absolute atomic E-state index is 13.4. The Hall–Kier alpha value is -4.04. The fourth-order valence-electron chi connectivity index (χ4n) is 4.54. The van der Waals surface area contributed by atoms with E-state index >= 15 is 0 Å². The van der Waals surface area contributed by atoms with Crippen LogP contribution in [0.5, 0.6) is 5.75 Å². The van der Waals surface area contributed by atoms with Crippen molar-refractivity contribution < 1.29 is 19.1 Å². The van der Waals surface area contributed by atoms with E-state index in [1.807, 2.05) is 44.9 Å². The second-order valence-electron chi connectivity index (χ2n) is 9.72. The number of rotatable bonds is 6. The highest BCUT2D eigenvalue weighted by molar-refractivity contribution is 6.02. The van der Waals surface area contributed by atoms with Gasteiger partial charge in [-0.3, -0.25) is 24.7 Å². The van der Waals surface area contributed by atoms with Gasteiger partial charge in [-0.15, -0.1) is 0 Å². The summed E-state index contributed by atoms with van der Waals surface area (Å²) in [4.78, 5) is 51.8. The number of pyridine rings is 2. The fraction of sp³-hybridized carbons (Fsp3) is 0.462. The van der Waals surface area contributed by atoms with Crippen LogP contribution < -0.4 is 15.0 Å². The molecular formula is C26H31N7O4. The Labute approximate surface area is 216 Å². The number of carbonyl (C=O) groups excluding carboxylic acids is 3. The molecule has 1 N–H and O–H groups in total. The number of aryl methyl sites for hydroxylation is 1. The van der Waals surface area contributed by atoms with Crippen LogP contribution in [-0.4, -0.2) is 76.8 Å². The van der Waals surface area contributed by atoms with Gasteiger partial charge in [-0.05, 0) is 52.3 Å². The summed E-state index contributed by atoms with van der Waals surface area (Å²) in [6, 6.07) is 4.82. The maximum Gasteiger partial charge on any atom is 0.328 e.